The Balaban J connectivity index is 0.000000293. The molecule has 98 valence electrons. The van der Waals surface area contributed by atoms with Crippen molar-refractivity contribution >= 4 is 0 Å². The highest BCUT2D eigenvalue weighted by Gasteiger charge is 2.06. The first kappa shape index (κ1) is 15.8. The van der Waals surface area contributed by atoms with Crippen LogP contribution in [0, 0.1) is 0 Å². The van der Waals surface area contributed by atoms with Gasteiger partial charge < -0.3 is 27.8 Å². The van der Waals surface area contributed by atoms with E-state index in [1.54, 1.807) is 0 Å². The molecule has 1 rings (SSSR count). The van der Waals surface area contributed by atoms with Gasteiger partial charge in [0.1, 0.15) is 0 Å². The van der Waals surface area contributed by atoms with Crippen molar-refractivity contribution in [2.24, 2.45) is 17.2 Å². The summed E-state index contributed by atoms with van der Waals surface area (Å²) in [5.41, 5.74) is 15.7. The smallest absolute Gasteiger partial charge is 0.0108 e. The van der Waals surface area contributed by atoms with Crippen LogP contribution in [0.25, 0.3) is 0 Å². The average Bonchev–Trinajstić information content (AvgIpc) is 2.32. The van der Waals surface area contributed by atoms with Gasteiger partial charge >= 0.3 is 0 Å². The third-order valence-electron chi connectivity index (χ3n) is 2.30. The molecular formula is C10H28N6. The van der Waals surface area contributed by atoms with Crippen molar-refractivity contribution in [1.29, 1.82) is 0 Å². The maximum Gasteiger partial charge on any atom is 0.0108 e. The molecule has 0 aromatic carbocycles. The fourth-order valence-electron chi connectivity index (χ4n) is 1.45. The zero-order valence-corrected chi connectivity index (χ0v) is 10.3. The molecule has 0 aromatic heterocycles. The molecule has 0 aliphatic carbocycles. The van der Waals surface area contributed by atoms with Gasteiger partial charge in [0.15, 0.2) is 0 Å². The van der Waals surface area contributed by atoms with Crippen LogP contribution in [0.15, 0.2) is 0 Å². The van der Waals surface area contributed by atoms with Gasteiger partial charge in [-0.15, -0.1) is 0 Å². The molecule has 0 amide bonds. The molecule has 1 aliphatic rings. The minimum absolute atomic E-state index is 0.694. The Morgan fingerprint density at radius 1 is 0.938 bits per heavy atom. The van der Waals surface area contributed by atoms with Gasteiger partial charge in [0.25, 0.3) is 0 Å². The Bertz CT molecular complexity index is 120. The van der Waals surface area contributed by atoms with E-state index in [-0.39, 0.29) is 0 Å². The van der Waals surface area contributed by atoms with Crippen LogP contribution < -0.4 is 27.8 Å². The van der Waals surface area contributed by atoms with Gasteiger partial charge in [-0.25, -0.2) is 0 Å². The van der Waals surface area contributed by atoms with Crippen molar-refractivity contribution in [3.05, 3.63) is 0 Å². The standard InChI is InChI=1S/C6H15N3.C4H13N3/c7-1-4-9-5-2-8-3-6-9;5-1-3-7-4-2-6/h8H,1-7H2;7H,1-6H2. The van der Waals surface area contributed by atoms with Gasteiger partial charge in [-0.1, -0.05) is 0 Å². The molecule has 1 saturated heterocycles. The van der Waals surface area contributed by atoms with Gasteiger partial charge in [0, 0.05) is 65.4 Å². The minimum atomic E-state index is 0.694. The summed E-state index contributed by atoms with van der Waals surface area (Å²) in [5, 5.41) is 6.33. The highest BCUT2D eigenvalue weighted by atomic mass is 15.2. The van der Waals surface area contributed by atoms with Crippen LogP contribution in [-0.2, 0) is 0 Å². The van der Waals surface area contributed by atoms with E-state index in [2.05, 4.69) is 15.5 Å². The lowest BCUT2D eigenvalue weighted by Gasteiger charge is -2.26. The molecule has 0 saturated carbocycles. The first-order valence-electron chi connectivity index (χ1n) is 6.09. The van der Waals surface area contributed by atoms with Crippen LogP contribution in [0.4, 0.5) is 0 Å². The van der Waals surface area contributed by atoms with Gasteiger partial charge in [-0.3, -0.25) is 4.90 Å². The predicted octanol–water partition coefficient (Wildman–Crippen LogP) is -2.66. The van der Waals surface area contributed by atoms with Crippen LogP contribution >= 0.6 is 0 Å². The van der Waals surface area contributed by atoms with E-state index in [4.69, 9.17) is 17.2 Å². The summed E-state index contributed by atoms with van der Waals surface area (Å²) in [4.78, 5) is 2.39. The molecule has 0 radical (unpaired) electrons. The first-order chi connectivity index (χ1) is 7.85. The van der Waals surface area contributed by atoms with E-state index in [0.29, 0.717) is 13.1 Å². The summed E-state index contributed by atoms with van der Waals surface area (Å²) in [7, 11) is 0. The maximum atomic E-state index is 5.40. The molecular weight excluding hydrogens is 204 g/mol. The summed E-state index contributed by atoms with van der Waals surface area (Å²) >= 11 is 0. The number of rotatable bonds is 6. The molecule has 1 heterocycles. The fraction of sp³-hybridized carbons (Fsp3) is 1.00. The summed E-state index contributed by atoms with van der Waals surface area (Å²) in [6.45, 7) is 9.56. The third kappa shape index (κ3) is 10.3. The normalized spacial score (nSPS) is 16.7. The lowest BCUT2D eigenvalue weighted by molar-refractivity contribution is 0.247. The van der Waals surface area contributed by atoms with Gasteiger partial charge in [-0.05, 0) is 0 Å². The molecule has 0 spiro atoms. The maximum absolute atomic E-state index is 5.40. The van der Waals surface area contributed by atoms with Gasteiger partial charge in [-0.2, -0.15) is 0 Å². The summed E-state index contributed by atoms with van der Waals surface area (Å²) in [5.74, 6) is 0. The first-order valence-corrected chi connectivity index (χ1v) is 6.09. The molecule has 1 aliphatic heterocycles. The third-order valence-corrected chi connectivity index (χ3v) is 2.30. The van der Waals surface area contributed by atoms with E-state index < -0.39 is 0 Å². The number of nitrogens with zero attached hydrogens (tertiary/aromatic N) is 1. The topological polar surface area (TPSA) is 105 Å². The van der Waals surface area contributed by atoms with E-state index in [0.717, 1.165) is 52.4 Å². The Labute approximate surface area is 98.9 Å². The molecule has 0 unspecified atom stereocenters. The second-order valence-electron chi connectivity index (χ2n) is 3.71. The van der Waals surface area contributed by atoms with Crippen LogP contribution in [0.5, 0.6) is 0 Å². The number of hydrogen-bond donors (Lipinski definition) is 5. The molecule has 0 bridgehead atoms. The van der Waals surface area contributed by atoms with Crippen LogP contribution in [0.2, 0.25) is 0 Å². The van der Waals surface area contributed by atoms with Gasteiger partial charge in [0.2, 0.25) is 0 Å². The van der Waals surface area contributed by atoms with Crippen molar-refractivity contribution in [2.45, 2.75) is 0 Å². The molecule has 16 heavy (non-hydrogen) atoms. The second kappa shape index (κ2) is 12.8. The number of piperazine rings is 1. The molecule has 6 nitrogen and oxygen atoms in total. The number of hydrogen-bond acceptors (Lipinski definition) is 6. The van der Waals surface area contributed by atoms with Crippen molar-refractivity contribution in [3.8, 4) is 0 Å². The minimum Gasteiger partial charge on any atom is -0.329 e. The summed E-state index contributed by atoms with van der Waals surface area (Å²) in [6.07, 6.45) is 0. The van der Waals surface area contributed by atoms with Crippen molar-refractivity contribution < 1.29 is 0 Å². The van der Waals surface area contributed by atoms with Crippen LogP contribution in [0.1, 0.15) is 0 Å². The Morgan fingerprint density at radius 2 is 1.50 bits per heavy atom. The van der Waals surface area contributed by atoms with Gasteiger partial charge in [0.05, 0.1) is 0 Å². The van der Waals surface area contributed by atoms with Crippen LogP contribution in [-0.4, -0.2) is 70.3 Å². The van der Waals surface area contributed by atoms with E-state index in [1.165, 1.54) is 0 Å². The zero-order valence-electron chi connectivity index (χ0n) is 10.3. The molecule has 0 aromatic rings. The highest BCUT2D eigenvalue weighted by Crippen LogP contribution is 1.88. The monoisotopic (exact) mass is 232 g/mol. The van der Waals surface area contributed by atoms with E-state index in [1.807, 2.05) is 0 Å². The van der Waals surface area contributed by atoms with Crippen molar-refractivity contribution in [2.75, 3.05) is 65.4 Å². The quantitative estimate of drug-likeness (QED) is 0.320. The fourth-order valence-corrected chi connectivity index (χ4v) is 1.45. The lowest BCUT2D eigenvalue weighted by Crippen LogP contribution is -2.45. The largest absolute Gasteiger partial charge is 0.329 e. The average molecular weight is 232 g/mol. The Hall–Kier alpha value is -0.240. The Kier molecular flexibility index (Phi) is 12.6. The van der Waals surface area contributed by atoms with E-state index in [9.17, 15) is 0 Å². The van der Waals surface area contributed by atoms with E-state index >= 15 is 0 Å². The lowest BCUT2D eigenvalue weighted by atomic mass is 10.3. The molecule has 1 fully saturated rings. The molecule has 0 atom stereocenters. The Morgan fingerprint density at radius 3 is 1.94 bits per heavy atom. The van der Waals surface area contributed by atoms with Crippen LogP contribution in [0.3, 0.4) is 0 Å². The van der Waals surface area contributed by atoms with Crippen molar-refractivity contribution in [1.82, 2.24) is 15.5 Å². The predicted molar refractivity (Wildman–Crippen MR) is 69.3 cm³/mol. The molecule has 8 N–H and O–H groups in total. The molecule has 6 heteroatoms. The zero-order chi connectivity index (χ0) is 12.1. The SMILES string of the molecule is NCCN1CCNCC1.NCCNCCN. The highest BCUT2D eigenvalue weighted by molar-refractivity contribution is 4.66. The number of nitrogens with one attached hydrogen (secondary N) is 2. The second-order valence-corrected chi connectivity index (χ2v) is 3.71. The number of nitrogens with two attached hydrogens (primary N) is 3. The van der Waals surface area contributed by atoms with Crippen molar-refractivity contribution in [3.63, 3.8) is 0 Å². The summed E-state index contributed by atoms with van der Waals surface area (Å²) in [6, 6.07) is 0. The summed E-state index contributed by atoms with van der Waals surface area (Å²) < 4.78 is 0.